The highest BCUT2D eigenvalue weighted by atomic mass is 28.3. The Balaban J connectivity index is 0.807. The second-order valence-corrected chi connectivity index (χ2v) is 37.1. The molecule has 0 N–H and O–H groups in total. The van der Waals surface area contributed by atoms with Crippen molar-refractivity contribution in [3.8, 4) is 33.4 Å². The van der Waals surface area contributed by atoms with E-state index < -0.39 is 24.2 Å². The normalized spacial score (nSPS) is 13.9. The lowest BCUT2D eigenvalue weighted by atomic mass is 9.59. The molecule has 95 heavy (non-hydrogen) atoms. The van der Waals surface area contributed by atoms with Crippen LogP contribution < -0.4 is 62.2 Å². The van der Waals surface area contributed by atoms with E-state index >= 15 is 0 Å². The highest BCUT2D eigenvalue weighted by Crippen LogP contribution is 2.58. The molecule has 15 aromatic carbocycles. The van der Waals surface area contributed by atoms with Gasteiger partial charge in [-0.1, -0.05) is 388 Å². The molecule has 3 heteroatoms. The largest absolute Gasteiger partial charge is 0.179 e. The van der Waals surface area contributed by atoms with Crippen LogP contribution in [-0.2, 0) is 0 Å². The Bertz CT molecular complexity index is 4880. The number of benzene rings is 15. The fraction of sp³-hybridized carbons (Fsp3) is 0.0217. The molecule has 0 nitrogen and oxygen atoms in total. The van der Waals surface area contributed by atoms with Crippen molar-refractivity contribution in [2.24, 2.45) is 0 Å². The molecule has 0 radical (unpaired) electrons. The van der Waals surface area contributed by atoms with E-state index in [2.05, 4.69) is 400 Å². The topological polar surface area (TPSA) is 0 Å². The first kappa shape index (κ1) is 57.8. The maximum atomic E-state index is 2.55. The van der Waals surface area contributed by atoms with Gasteiger partial charge in [0.05, 0.1) is 0 Å². The Morgan fingerprint density at radius 2 is 0.379 bits per heavy atom. The van der Waals surface area contributed by atoms with Crippen LogP contribution in [0.25, 0.3) is 33.4 Å². The van der Waals surface area contributed by atoms with Gasteiger partial charge in [0.1, 0.15) is 0 Å². The van der Waals surface area contributed by atoms with E-state index in [1.165, 1.54) is 129 Å². The van der Waals surface area contributed by atoms with Crippen LogP contribution in [0.1, 0.15) is 45.2 Å². The van der Waals surface area contributed by atoms with Crippen molar-refractivity contribution in [2.45, 2.75) is 11.8 Å². The Labute approximate surface area is 561 Å². The van der Waals surface area contributed by atoms with E-state index in [4.69, 9.17) is 0 Å². The van der Waals surface area contributed by atoms with Gasteiger partial charge in [-0.15, -0.1) is 0 Å². The quantitative estimate of drug-likeness (QED) is 0.0709. The van der Waals surface area contributed by atoms with Crippen molar-refractivity contribution < 1.29 is 0 Å². The Morgan fingerprint density at radius 3 is 0.663 bits per heavy atom. The van der Waals surface area contributed by atoms with Gasteiger partial charge < -0.3 is 0 Å². The van der Waals surface area contributed by atoms with Gasteiger partial charge >= 0.3 is 0 Å². The second kappa shape index (κ2) is 24.4. The van der Waals surface area contributed by atoms with Crippen molar-refractivity contribution in [1.82, 2.24) is 0 Å². The van der Waals surface area contributed by atoms with E-state index in [-0.39, 0.29) is 11.8 Å². The molecule has 18 rings (SSSR count). The van der Waals surface area contributed by atoms with Crippen molar-refractivity contribution in [3.05, 3.63) is 434 Å². The van der Waals surface area contributed by atoms with E-state index in [9.17, 15) is 0 Å². The molecule has 0 spiro atoms. The smallest absolute Gasteiger partial charge is 0.0623 e. The molecule has 15 aromatic rings. The van der Waals surface area contributed by atoms with E-state index in [0.29, 0.717) is 0 Å². The first-order valence-electron chi connectivity index (χ1n) is 33.4. The zero-order chi connectivity index (χ0) is 63.2. The summed E-state index contributed by atoms with van der Waals surface area (Å²) in [5, 5.41) is 16.5. The van der Waals surface area contributed by atoms with Gasteiger partial charge in [-0.3, -0.25) is 0 Å². The molecular weight excluding hydrogens is 1190 g/mol. The summed E-state index contributed by atoms with van der Waals surface area (Å²) >= 11 is 0. The Morgan fingerprint density at radius 1 is 0.147 bits per heavy atom. The average Bonchev–Trinajstić information content (AvgIpc) is 0.690. The van der Waals surface area contributed by atoms with E-state index in [1.807, 2.05) is 0 Å². The molecule has 448 valence electrons. The fourth-order valence-corrected chi connectivity index (χ4v) is 31.1. The molecule has 0 fully saturated rings. The Kier molecular flexibility index (Phi) is 14.9. The predicted molar refractivity (Wildman–Crippen MR) is 408 cm³/mol. The van der Waals surface area contributed by atoms with Crippen molar-refractivity contribution >= 4 is 86.5 Å². The minimum atomic E-state index is -2.75. The van der Waals surface area contributed by atoms with Gasteiger partial charge in [-0.05, 0) is 141 Å². The molecule has 0 saturated carbocycles. The first-order valence-corrected chi connectivity index (χ1v) is 39.4. The standard InChI is InChI=1S/C92H68Si3/c1-10-29-72(30-11-1)93(73-31-12-2-13-32-73,74-33-14-3-15-34-74)81-57-49-67(50-58-81)70-56-64-86-88(65-70)90-85-63-55-71(68-51-59-82(60-52-68)94(75-35-16-4-17-36-75,76-37-18-5-19-38-76)77-39-20-6-21-40-77)66-89(85)92(86)91-84(47-28-48-87(90)91)69-53-61-83(62-54-69)95(78-41-22-7-23-42-78,79-43-24-8-25-44-79)80-45-26-9-27-46-80/h1-66,90,92H. The highest BCUT2D eigenvalue weighted by Gasteiger charge is 2.46. The zero-order valence-electron chi connectivity index (χ0n) is 52.8. The van der Waals surface area contributed by atoms with Gasteiger partial charge in [-0.25, -0.2) is 0 Å². The third-order valence-corrected chi connectivity index (χ3v) is 35.3. The second-order valence-electron chi connectivity index (χ2n) is 25.6. The summed E-state index contributed by atoms with van der Waals surface area (Å²) < 4.78 is 0. The van der Waals surface area contributed by atoms with E-state index in [1.54, 1.807) is 0 Å². The van der Waals surface area contributed by atoms with Crippen molar-refractivity contribution in [3.63, 3.8) is 0 Å². The van der Waals surface area contributed by atoms with Crippen LogP contribution in [0.5, 0.6) is 0 Å². The monoisotopic (exact) mass is 1260 g/mol. The van der Waals surface area contributed by atoms with Gasteiger partial charge in [0.15, 0.2) is 24.2 Å². The number of hydrogen-bond acceptors (Lipinski definition) is 0. The summed E-state index contributed by atoms with van der Waals surface area (Å²) in [6.45, 7) is 0. The van der Waals surface area contributed by atoms with Gasteiger partial charge in [0.25, 0.3) is 0 Å². The molecule has 2 unspecified atom stereocenters. The maximum Gasteiger partial charge on any atom is 0.179 e. The van der Waals surface area contributed by atoms with E-state index in [0.717, 1.165) is 0 Å². The van der Waals surface area contributed by atoms with Gasteiger partial charge in [0, 0.05) is 11.8 Å². The molecule has 0 amide bonds. The third-order valence-electron chi connectivity index (χ3n) is 20.9. The SMILES string of the molecule is c1ccc([Si](c2ccccc2)(c2ccccc2)c2ccc(-c3ccc4c(c3)C3c5ccc(-c6ccc([Si](c7ccccc7)(c7ccccc7)c7ccccc7)cc6)cc5C4c4c(-c5ccc([Si](c6ccccc6)(c6ccccc6)c6ccccc6)cc5)cccc43)cc2)cc1. The van der Waals surface area contributed by atoms with Crippen molar-refractivity contribution in [2.75, 3.05) is 0 Å². The zero-order valence-corrected chi connectivity index (χ0v) is 55.8. The van der Waals surface area contributed by atoms with Gasteiger partial charge in [-0.2, -0.15) is 0 Å². The lowest BCUT2D eigenvalue weighted by Crippen LogP contribution is -2.74. The van der Waals surface area contributed by atoms with Crippen LogP contribution in [0, 0.1) is 0 Å². The fourth-order valence-electron chi connectivity index (χ4n) is 16.8. The number of hydrogen-bond donors (Lipinski definition) is 0. The average molecular weight is 1260 g/mol. The number of rotatable bonds is 15. The summed E-state index contributed by atoms with van der Waals surface area (Å²) in [5.74, 6) is 0.0363. The van der Waals surface area contributed by atoms with Crippen LogP contribution in [-0.4, -0.2) is 24.2 Å². The molecule has 0 heterocycles. The van der Waals surface area contributed by atoms with Crippen LogP contribution >= 0.6 is 0 Å². The predicted octanol–water partition coefficient (Wildman–Crippen LogP) is 13.8. The summed E-state index contributed by atoms with van der Waals surface area (Å²) in [4.78, 5) is 0. The van der Waals surface area contributed by atoms with Gasteiger partial charge in [0.2, 0.25) is 0 Å². The summed E-state index contributed by atoms with van der Waals surface area (Å²) in [6, 6.07) is 153. The van der Waals surface area contributed by atoms with Crippen molar-refractivity contribution in [1.29, 1.82) is 0 Å². The highest BCUT2D eigenvalue weighted by molar-refractivity contribution is 7.21. The third kappa shape index (κ3) is 9.52. The maximum absolute atomic E-state index is 2.75. The van der Waals surface area contributed by atoms with Crippen LogP contribution in [0.2, 0.25) is 0 Å². The molecule has 0 saturated heterocycles. The molecule has 0 aliphatic heterocycles. The molecule has 3 aliphatic rings. The minimum Gasteiger partial charge on any atom is -0.0623 e. The first-order chi connectivity index (χ1) is 47.1. The molecule has 2 bridgehead atoms. The summed E-state index contributed by atoms with van der Waals surface area (Å²) in [6.07, 6.45) is 0. The minimum absolute atomic E-state index is 0.00137. The summed E-state index contributed by atoms with van der Waals surface area (Å²) in [7, 11) is -8.19. The molecule has 3 aliphatic carbocycles. The summed E-state index contributed by atoms with van der Waals surface area (Å²) in [5.41, 5.74) is 15.9. The van der Waals surface area contributed by atoms with Crippen LogP contribution in [0.3, 0.4) is 0 Å². The Hall–Kier alpha value is -11.0. The lowest BCUT2D eigenvalue weighted by molar-refractivity contribution is 0.757. The van der Waals surface area contributed by atoms with Crippen LogP contribution in [0.4, 0.5) is 0 Å². The molecule has 2 atom stereocenters. The molecular formula is C92H68Si3. The van der Waals surface area contributed by atoms with Crippen LogP contribution in [0.15, 0.2) is 400 Å². The molecule has 0 aromatic heterocycles. The lowest BCUT2D eigenvalue weighted by Gasteiger charge is -2.43.